The van der Waals surface area contributed by atoms with E-state index >= 15 is 0 Å². The van der Waals surface area contributed by atoms with Gasteiger partial charge in [-0.1, -0.05) is 120 Å². The summed E-state index contributed by atoms with van der Waals surface area (Å²) in [6.45, 7) is 12.0. The first kappa shape index (κ1) is 105. The van der Waals surface area contributed by atoms with Crippen molar-refractivity contribution < 1.29 is 129 Å². The Labute approximate surface area is 761 Å². The van der Waals surface area contributed by atoms with E-state index in [0.717, 1.165) is 168 Å². The van der Waals surface area contributed by atoms with Crippen LogP contribution < -0.4 is 14.2 Å². The van der Waals surface area contributed by atoms with Crippen molar-refractivity contribution in [1.29, 1.82) is 0 Å². The first-order valence-corrected chi connectivity index (χ1v) is 52.8. The average molecular weight is 1960 g/mol. The lowest BCUT2D eigenvalue weighted by Gasteiger charge is -2.55. The summed E-state index contributed by atoms with van der Waals surface area (Å²) in [5.74, 6) is -16.7. The van der Waals surface area contributed by atoms with E-state index in [-0.39, 0.29) is 89.1 Å². The molecule has 6 aromatic rings. The lowest BCUT2D eigenvalue weighted by molar-refractivity contribution is -0.279. The molecular weight excluding hydrogens is 1830 g/mol. The maximum Gasteiger partial charge on any atom is 0.431 e. The smallest absolute Gasteiger partial charge is 0.431 e. The standard InChI is InChI=1S/C20H27O2S.C18H23O2S.C15H19F5O2.C15H17O2S.2C13H19F6NO2S/c1-4-5-12-21-19-10-11-20(18-9-7-6-8-17(18)19)23-13-15(2)22-16(3)14-23;1-2-3-10-20-17-8-9-18(21-13-11-19-12-14-21)16-7-5-4-6-15(16)17;1-13(16,17)11(15(18,19)20)22-12(21)14-5-8-2-9(6-14)4-10(3-8)7-14;1-16-14-6-7-15(18-10-8-17-9-11-18)13-5-3-2-4-12(13)14;2*1-11(14,15)12(16,17)13(18,19)23(21,22)20-7-6-9-4-2-3-5-10(9)8-20/h6-11,15-16H,4-5,12-14H2,1-3H3;4-9H,2-3,10-14H2,1H3;8-11H,2-7H2,1H3;2-7H,8-11H2,1H3;2*9-10H,2-8H2,1H3/q2*+1;;+1;;. The number of carbonyl (C=O) groups excluding carboxylic acids is 1. The minimum atomic E-state index is -5.98. The zero-order chi connectivity index (χ0) is 94.8. The van der Waals surface area contributed by atoms with E-state index in [1.54, 1.807) is 7.11 Å². The molecule has 17 rings (SSSR count). The molecule has 0 aromatic heterocycles. The number of halogens is 17. The van der Waals surface area contributed by atoms with Crippen LogP contribution in [0.2, 0.25) is 0 Å². The third-order valence-corrected chi connectivity index (χ3v) is 37.7. The van der Waals surface area contributed by atoms with Crippen LogP contribution in [0.1, 0.15) is 177 Å². The fraction of sp³-hybridized carbons (Fsp3) is 0.670. The van der Waals surface area contributed by atoms with Crippen LogP contribution in [0.4, 0.5) is 74.6 Å². The summed E-state index contributed by atoms with van der Waals surface area (Å²) in [7, 11) is -9.12. The van der Waals surface area contributed by atoms with E-state index in [0.29, 0.717) is 83.9 Å². The number of benzene rings is 6. The maximum absolute atomic E-state index is 13.8. The van der Waals surface area contributed by atoms with Crippen LogP contribution in [0.3, 0.4) is 0 Å². The molecule has 5 saturated heterocycles. The second kappa shape index (κ2) is 43.9. The highest BCUT2D eigenvalue weighted by molar-refractivity contribution is 7.97. The van der Waals surface area contributed by atoms with E-state index < -0.39 is 97.7 Å². The quantitative estimate of drug-likeness (QED) is 0.0259. The van der Waals surface area contributed by atoms with E-state index in [4.69, 9.17) is 28.4 Å². The second-order valence-electron chi connectivity index (χ2n) is 36.4. The van der Waals surface area contributed by atoms with Crippen molar-refractivity contribution in [3.63, 3.8) is 0 Å². The van der Waals surface area contributed by atoms with Gasteiger partial charge in [0.1, 0.15) is 64.0 Å². The highest BCUT2D eigenvalue weighted by Gasteiger charge is 2.78. The van der Waals surface area contributed by atoms with Crippen LogP contribution in [0.25, 0.3) is 32.3 Å². The third kappa shape index (κ3) is 24.2. The minimum Gasteiger partial charge on any atom is -0.496 e. The number of esters is 1. The van der Waals surface area contributed by atoms with Crippen molar-refractivity contribution >= 4 is 91.0 Å². The van der Waals surface area contributed by atoms with E-state index in [1.165, 1.54) is 53.4 Å². The number of hydrogen-bond donors (Lipinski definition) is 0. The monoisotopic (exact) mass is 1960 g/mol. The highest BCUT2D eigenvalue weighted by atomic mass is 32.2. The molecule has 6 saturated carbocycles. The van der Waals surface area contributed by atoms with Gasteiger partial charge >= 0.3 is 46.3 Å². The molecule has 6 aliphatic carbocycles. The number of unbranched alkanes of at least 4 members (excludes halogenated alkanes) is 2. The molecule has 7 atom stereocenters. The van der Waals surface area contributed by atoms with Gasteiger partial charge in [-0.3, -0.25) is 4.79 Å². The molecule has 6 aromatic carbocycles. The number of alkyl halides is 17. The molecule has 5 heterocycles. The predicted molar refractivity (Wildman–Crippen MR) is 476 cm³/mol. The Hall–Kier alpha value is -5.47. The second-order valence-corrected chi connectivity index (χ2v) is 46.9. The van der Waals surface area contributed by atoms with Gasteiger partial charge in [0.05, 0.1) is 52.2 Å². The lowest BCUT2D eigenvalue weighted by Crippen LogP contribution is -2.61. The van der Waals surface area contributed by atoms with Crippen LogP contribution in [0, 0.1) is 46.8 Å². The number of methoxy groups -OCH3 is 1. The molecule has 0 amide bonds. The number of rotatable bonds is 23. The van der Waals surface area contributed by atoms with E-state index in [9.17, 15) is 96.3 Å². The summed E-state index contributed by atoms with van der Waals surface area (Å²) in [5, 5.41) is -3.95. The molecule has 0 N–H and O–H groups in total. The molecule has 11 fully saturated rings. The molecule has 0 radical (unpaired) electrons. The molecule has 728 valence electrons. The van der Waals surface area contributed by atoms with Gasteiger partial charge in [0.2, 0.25) is 0 Å². The summed E-state index contributed by atoms with van der Waals surface area (Å²) < 4.78 is 312. The predicted octanol–water partition coefficient (Wildman–Crippen LogP) is 23.4. The van der Waals surface area contributed by atoms with Gasteiger partial charge in [-0.05, 0) is 187 Å². The Morgan fingerprint density at radius 3 is 1.12 bits per heavy atom. The normalized spacial score (nSPS) is 26.0. The van der Waals surface area contributed by atoms with Crippen molar-refractivity contribution in [3.05, 3.63) is 109 Å². The molecule has 36 heteroatoms. The fourth-order valence-electron chi connectivity index (χ4n) is 20.1. The topological polar surface area (TPSA) is 156 Å². The fourth-order valence-corrected chi connectivity index (χ4v) is 29.8. The Morgan fingerprint density at radius 1 is 0.462 bits per heavy atom. The molecule has 0 spiro atoms. The Kier molecular flexibility index (Phi) is 35.5. The molecule has 7 unspecified atom stereocenters. The van der Waals surface area contributed by atoms with Gasteiger partial charge in [-0.2, -0.15) is 74.5 Å². The number of ether oxygens (including phenoxy) is 7. The Bertz CT molecular complexity index is 4780. The van der Waals surface area contributed by atoms with Gasteiger partial charge in [0, 0.05) is 112 Å². The number of piperidine rings is 2. The molecule has 4 bridgehead atoms. The summed E-state index contributed by atoms with van der Waals surface area (Å²) in [6.07, 6.45) is 8.13. The van der Waals surface area contributed by atoms with Crippen LogP contribution >= 0.6 is 0 Å². The average Bonchev–Trinajstić information content (AvgIpc) is 0.748. The Balaban J connectivity index is 0.000000151. The third-order valence-electron chi connectivity index (χ3n) is 26.6. The SMILES string of the molecule is CC(F)(F)C(F)(F)C(F)(F)S(=O)(=O)N1CCC2CCCCC2C1.CC(F)(F)C(F)(F)C(F)(F)S(=O)(=O)N1CCC2CCCCC2C1.CC(F)(F)C(OC(=O)C12CC3CC(CC(C3)C1)C2)C(F)(F)F.CCCCOc1ccc([S+]2CC(C)OC(C)C2)c2ccccc12.CCCCOc1ccc([S+]2CCOCC2)c2ccccc12.COc1ccc([S+]2CCOCC2)c2ccccc12. The van der Waals surface area contributed by atoms with Crippen molar-refractivity contribution in [3.8, 4) is 17.2 Å². The zero-order valence-electron chi connectivity index (χ0n) is 74.9. The number of fused-ring (bicyclic) bond motifs is 5. The van der Waals surface area contributed by atoms with Crippen molar-refractivity contribution in [2.24, 2.45) is 46.8 Å². The van der Waals surface area contributed by atoms with Crippen LogP contribution in [-0.2, 0) is 76.5 Å². The zero-order valence-corrected chi connectivity index (χ0v) is 79.0. The highest BCUT2D eigenvalue weighted by Crippen LogP contribution is 2.61. The first-order valence-electron chi connectivity index (χ1n) is 45.2. The Morgan fingerprint density at radius 2 is 0.792 bits per heavy atom. The van der Waals surface area contributed by atoms with Gasteiger partial charge in [-0.15, -0.1) is 0 Å². The molecular formula is C94H124F17N2O12S5+3. The van der Waals surface area contributed by atoms with Crippen molar-refractivity contribution in [2.75, 3.05) is 107 Å². The van der Waals surface area contributed by atoms with Crippen LogP contribution in [0.5, 0.6) is 17.2 Å². The van der Waals surface area contributed by atoms with E-state index in [2.05, 4.69) is 142 Å². The summed E-state index contributed by atoms with van der Waals surface area (Å²) in [5.41, 5.74) is -0.969. The molecule has 130 heavy (non-hydrogen) atoms. The van der Waals surface area contributed by atoms with Gasteiger partial charge in [0.15, 0.2) is 14.7 Å². The largest absolute Gasteiger partial charge is 0.496 e. The van der Waals surface area contributed by atoms with E-state index in [1.807, 2.05) is 0 Å². The number of sulfonamides is 2. The lowest BCUT2D eigenvalue weighted by atomic mass is 9.49. The van der Waals surface area contributed by atoms with Crippen LogP contribution in [0.15, 0.2) is 124 Å². The van der Waals surface area contributed by atoms with Crippen molar-refractivity contribution in [2.45, 2.75) is 256 Å². The summed E-state index contributed by atoms with van der Waals surface area (Å²) >= 11 is 0. The molecule has 5 aliphatic heterocycles. The van der Waals surface area contributed by atoms with Gasteiger partial charge in [-0.25, -0.2) is 25.6 Å². The number of nitrogens with zero attached hydrogens (tertiary/aromatic N) is 2. The summed E-state index contributed by atoms with van der Waals surface area (Å²) in [4.78, 5) is 16.8. The molecule has 11 aliphatic rings. The van der Waals surface area contributed by atoms with Crippen LogP contribution in [-0.4, -0.2) is 203 Å². The molecule has 14 nitrogen and oxygen atoms in total. The minimum absolute atomic E-state index is 0.137. The van der Waals surface area contributed by atoms with Gasteiger partial charge < -0.3 is 33.2 Å². The van der Waals surface area contributed by atoms with Gasteiger partial charge in [0.25, 0.3) is 32.1 Å². The summed E-state index contributed by atoms with van der Waals surface area (Å²) in [6, 6.07) is 39.1. The number of hydrogen-bond acceptors (Lipinski definition) is 12. The number of carbonyl (C=O) groups is 1. The van der Waals surface area contributed by atoms with Crippen molar-refractivity contribution in [1.82, 2.24) is 8.61 Å². The maximum atomic E-state index is 13.8. The first-order chi connectivity index (χ1) is 61.1.